The Hall–Kier alpha value is -1.89. The Morgan fingerprint density at radius 1 is 0.538 bits per heavy atom. The van der Waals surface area contributed by atoms with Crippen LogP contribution in [0.15, 0.2) is 42.5 Å². The second-order valence-electron chi connectivity index (χ2n) is 10.5. The molecule has 0 aromatic heterocycles. The normalized spacial score (nSPS) is 13.0. The van der Waals surface area contributed by atoms with Crippen LogP contribution in [0.2, 0.25) is 0 Å². The predicted molar refractivity (Wildman–Crippen MR) is 112 cm³/mol. The number of carbonyl (C=O) groups is 1. The molecule has 140 valence electrons. The van der Waals surface area contributed by atoms with E-state index in [1.54, 1.807) is 0 Å². The molecule has 1 nitrogen and oxygen atoms in total. The number of rotatable bonds is 2. The molecule has 2 aromatic carbocycles. The summed E-state index contributed by atoms with van der Waals surface area (Å²) in [6.07, 6.45) is 0. The Labute approximate surface area is 159 Å². The molecule has 0 aliphatic carbocycles. The highest BCUT2D eigenvalue weighted by molar-refractivity contribution is 6.09. The van der Waals surface area contributed by atoms with Crippen LogP contribution in [-0.4, -0.2) is 5.78 Å². The molecule has 0 aliphatic heterocycles. The van der Waals surface area contributed by atoms with Crippen LogP contribution in [0.1, 0.15) is 94.9 Å². The molecule has 0 atom stereocenters. The van der Waals surface area contributed by atoms with Gasteiger partial charge in [-0.05, 0) is 45.1 Å². The van der Waals surface area contributed by atoms with Crippen molar-refractivity contribution in [3.8, 4) is 0 Å². The van der Waals surface area contributed by atoms with Gasteiger partial charge in [0, 0.05) is 11.1 Å². The monoisotopic (exact) mass is 350 g/mol. The molecule has 0 heterocycles. The van der Waals surface area contributed by atoms with Crippen molar-refractivity contribution in [3.63, 3.8) is 0 Å². The second kappa shape index (κ2) is 6.68. The van der Waals surface area contributed by atoms with Crippen molar-refractivity contribution in [2.75, 3.05) is 0 Å². The molecule has 0 radical (unpaired) electrons. The van der Waals surface area contributed by atoms with Gasteiger partial charge in [-0.2, -0.15) is 0 Å². The van der Waals surface area contributed by atoms with Gasteiger partial charge in [0.15, 0.2) is 5.78 Å². The molecule has 1 heteroatoms. The van der Waals surface area contributed by atoms with Gasteiger partial charge in [-0.1, -0.05) is 92.6 Å². The highest BCUT2D eigenvalue weighted by Gasteiger charge is 2.23. The first-order chi connectivity index (χ1) is 11.7. The zero-order valence-corrected chi connectivity index (χ0v) is 17.9. The number of ketones is 1. The van der Waals surface area contributed by atoms with Gasteiger partial charge < -0.3 is 0 Å². The van der Waals surface area contributed by atoms with Crippen LogP contribution < -0.4 is 0 Å². The predicted octanol–water partition coefficient (Wildman–Crippen LogP) is 6.81. The van der Waals surface area contributed by atoms with E-state index in [1.807, 2.05) is 12.1 Å². The van der Waals surface area contributed by atoms with Crippen LogP contribution >= 0.6 is 0 Å². The summed E-state index contributed by atoms with van der Waals surface area (Å²) in [5.41, 5.74) is 5.30. The largest absolute Gasteiger partial charge is 0.289 e. The summed E-state index contributed by atoms with van der Waals surface area (Å²) in [5.74, 6) is 0.0991. The molecule has 2 rings (SSSR count). The topological polar surface area (TPSA) is 17.1 Å². The van der Waals surface area contributed by atoms with Crippen molar-refractivity contribution in [1.29, 1.82) is 0 Å². The fraction of sp³-hybridized carbons (Fsp3) is 0.480. The third-order valence-electron chi connectivity index (χ3n) is 4.94. The van der Waals surface area contributed by atoms with Gasteiger partial charge in [-0.3, -0.25) is 4.79 Å². The van der Waals surface area contributed by atoms with Gasteiger partial charge in [-0.25, -0.2) is 0 Å². The number of carbonyl (C=O) groups excluding carboxylic acids is 1. The number of hydrogen-bond donors (Lipinski definition) is 0. The minimum atomic E-state index is 0.00633. The maximum Gasteiger partial charge on any atom is 0.193 e. The molecule has 0 N–H and O–H groups in total. The van der Waals surface area contributed by atoms with E-state index in [9.17, 15) is 4.79 Å². The summed E-state index contributed by atoms with van der Waals surface area (Å²) < 4.78 is 0. The lowest BCUT2D eigenvalue weighted by molar-refractivity contribution is 0.103. The first kappa shape index (κ1) is 20.4. The molecule has 0 spiro atoms. The van der Waals surface area contributed by atoms with Gasteiger partial charge in [0.05, 0.1) is 0 Å². The number of hydrogen-bond acceptors (Lipinski definition) is 1. The lowest BCUT2D eigenvalue weighted by Gasteiger charge is -2.26. The third-order valence-corrected chi connectivity index (χ3v) is 4.94. The molecular weight excluding hydrogens is 316 g/mol. The average molecular weight is 351 g/mol. The van der Waals surface area contributed by atoms with E-state index in [0.29, 0.717) is 0 Å². The average Bonchev–Trinajstić information content (AvgIpc) is 2.51. The van der Waals surface area contributed by atoms with Crippen LogP contribution in [0.4, 0.5) is 0 Å². The van der Waals surface area contributed by atoms with Crippen LogP contribution in [0, 0.1) is 0 Å². The summed E-state index contributed by atoms with van der Waals surface area (Å²) in [4.78, 5) is 13.2. The van der Waals surface area contributed by atoms with Gasteiger partial charge in [0.25, 0.3) is 0 Å². The van der Waals surface area contributed by atoms with Crippen LogP contribution in [0.3, 0.4) is 0 Å². The standard InChI is InChI=1S/C25H34O/c1-23(2,3)19-12-10-17(11-13-19)22(26)18-14-20(24(4,5)6)16-21(15-18)25(7,8)9/h10-16H,1-9H3. The summed E-state index contributed by atoms with van der Waals surface area (Å²) in [6, 6.07) is 14.5. The van der Waals surface area contributed by atoms with Gasteiger partial charge in [0.1, 0.15) is 0 Å². The first-order valence-corrected chi connectivity index (χ1v) is 9.51. The second-order valence-corrected chi connectivity index (χ2v) is 10.5. The van der Waals surface area contributed by atoms with Crippen molar-refractivity contribution >= 4 is 5.78 Å². The Morgan fingerprint density at radius 2 is 0.923 bits per heavy atom. The highest BCUT2D eigenvalue weighted by atomic mass is 16.1. The Kier molecular flexibility index (Phi) is 5.25. The first-order valence-electron chi connectivity index (χ1n) is 9.51. The zero-order chi connectivity index (χ0) is 19.9. The minimum absolute atomic E-state index is 0.00633. The Bertz CT molecular complexity index is 756. The fourth-order valence-electron chi connectivity index (χ4n) is 2.91. The maximum absolute atomic E-state index is 13.2. The van der Waals surface area contributed by atoms with E-state index in [0.717, 1.165) is 11.1 Å². The molecule has 0 unspecified atom stereocenters. The van der Waals surface area contributed by atoms with Crippen LogP contribution in [-0.2, 0) is 16.2 Å². The molecular formula is C25H34O. The lowest BCUT2D eigenvalue weighted by Crippen LogP contribution is -2.18. The van der Waals surface area contributed by atoms with Gasteiger partial charge in [0.2, 0.25) is 0 Å². The van der Waals surface area contributed by atoms with E-state index in [-0.39, 0.29) is 22.0 Å². The summed E-state index contributed by atoms with van der Waals surface area (Å²) in [7, 11) is 0. The quantitative estimate of drug-likeness (QED) is 0.544. The van der Waals surface area contributed by atoms with E-state index >= 15 is 0 Å². The number of benzene rings is 2. The summed E-state index contributed by atoms with van der Waals surface area (Å²) in [5, 5.41) is 0. The van der Waals surface area contributed by atoms with E-state index in [4.69, 9.17) is 0 Å². The lowest BCUT2D eigenvalue weighted by atomic mass is 9.79. The highest BCUT2D eigenvalue weighted by Crippen LogP contribution is 2.31. The summed E-state index contributed by atoms with van der Waals surface area (Å²) in [6.45, 7) is 19.7. The molecule has 0 fully saturated rings. The zero-order valence-electron chi connectivity index (χ0n) is 17.9. The van der Waals surface area contributed by atoms with Crippen molar-refractivity contribution < 1.29 is 4.79 Å². The summed E-state index contributed by atoms with van der Waals surface area (Å²) >= 11 is 0. The van der Waals surface area contributed by atoms with Gasteiger partial charge in [-0.15, -0.1) is 0 Å². The van der Waals surface area contributed by atoms with E-state index < -0.39 is 0 Å². The fourth-order valence-corrected chi connectivity index (χ4v) is 2.91. The Balaban J connectivity index is 2.51. The van der Waals surface area contributed by atoms with E-state index in [2.05, 4.69) is 92.6 Å². The molecule has 0 bridgehead atoms. The molecule has 2 aromatic rings. The minimum Gasteiger partial charge on any atom is -0.289 e. The third kappa shape index (κ3) is 4.63. The molecule has 0 saturated carbocycles. The van der Waals surface area contributed by atoms with Crippen molar-refractivity contribution in [3.05, 3.63) is 70.3 Å². The molecule has 0 aliphatic rings. The molecule has 0 saturated heterocycles. The van der Waals surface area contributed by atoms with Crippen LogP contribution in [0.5, 0.6) is 0 Å². The SMILES string of the molecule is CC(C)(C)c1ccc(C(=O)c2cc(C(C)(C)C)cc(C(C)(C)C)c2)cc1. The van der Waals surface area contributed by atoms with Crippen molar-refractivity contribution in [2.45, 2.75) is 78.6 Å². The maximum atomic E-state index is 13.2. The van der Waals surface area contributed by atoms with Crippen molar-refractivity contribution in [2.24, 2.45) is 0 Å². The Morgan fingerprint density at radius 3 is 1.27 bits per heavy atom. The van der Waals surface area contributed by atoms with Crippen LogP contribution in [0.25, 0.3) is 0 Å². The van der Waals surface area contributed by atoms with Gasteiger partial charge >= 0.3 is 0 Å². The van der Waals surface area contributed by atoms with E-state index in [1.165, 1.54) is 16.7 Å². The molecule has 26 heavy (non-hydrogen) atoms. The molecule has 0 amide bonds. The smallest absolute Gasteiger partial charge is 0.193 e. The van der Waals surface area contributed by atoms with Crippen molar-refractivity contribution in [1.82, 2.24) is 0 Å².